The normalized spacial score (nSPS) is 18.3. The lowest BCUT2D eigenvalue weighted by Crippen LogP contribution is -2.42. The number of rotatable bonds is 9. The van der Waals surface area contributed by atoms with Crippen LogP contribution in [-0.2, 0) is 14.8 Å². The number of benzene rings is 1. The Hall–Kier alpha value is -3.06. The van der Waals surface area contributed by atoms with Crippen LogP contribution in [0.25, 0.3) is 0 Å². The fourth-order valence-corrected chi connectivity index (χ4v) is 5.96. The molecule has 36 heavy (non-hydrogen) atoms. The third-order valence-corrected chi connectivity index (χ3v) is 8.37. The van der Waals surface area contributed by atoms with Crippen molar-refractivity contribution in [2.45, 2.75) is 43.2 Å². The number of sulfonamides is 1. The van der Waals surface area contributed by atoms with Crippen molar-refractivity contribution in [3.05, 3.63) is 30.5 Å². The molecule has 1 N–H and O–H groups in total. The van der Waals surface area contributed by atoms with Crippen LogP contribution in [0.5, 0.6) is 11.6 Å². The van der Waals surface area contributed by atoms with Crippen LogP contribution in [0.1, 0.15) is 25.7 Å². The first kappa shape index (κ1) is 26.0. The van der Waals surface area contributed by atoms with Crippen LogP contribution >= 0.6 is 0 Å². The maximum atomic E-state index is 13.3. The highest BCUT2D eigenvalue weighted by Crippen LogP contribution is 2.29. The van der Waals surface area contributed by atoms with Gasteiger partial charge in [-0.15, -0.1) is 0 Å². The molecule has 2 aromatic rings. The van der Waals surface area contributed by atoms with Crippen LogP contribution in [0.2, 0.25) is 0 Å². The lowest BCUT2D eigenvalue weighted by molar-refractivity contribution is -0.111. The van der Waals surface area contributed by atoms with Gasteiger partial charge in [0, 0.05) is 43.8 Å². The second-order valence-electron chi connectivity index (χ2n) is 8.73. The van der Waals surface area contributed by atoms with Gasteiger partial charge >= 0.3 is 6.61 Å². The van der Waals surface area contributed by atoms with Gasteiger partial charge in [0.1, 0.15) is 6.29 Å². The summed E-state index contributed by atoms with van der Waals surface area (Å²) >= 11 is 0. The molecule has 196 valence electrons. The molecule has 13 heteroatoms. The Bertz CT molecular complexity index is 1150. The minimum Gasteiger partial charge on any atom is -0.478 e. The van der Waals surface area contributed by atoms with Crippen LogP contribution in [0, 0.1) is 5.92 Å². The summed E-state index contributed by atoms with van der Waals surface area (Å²) in [4.78, 5) is 21.4. The largest absolute Gasteiger partial charge is 0.478 e. The van der Waals surface area contributed by atoms with Gasteiger partial charge in [-0.2, -0.15) is 18.1 Å². The molecule has 10 nitrogen and oxygen atoms in total. The van der Waals surface area contributed by atoms with E-state index in [9.17, 15) is 22.0 Å². The Balaban J connectivity index is 1.37. The van der Waals surface area contributed by atoms with Crippen molar-refractivity contribution in [1.82, 2.24) is 14.3 Å². The van der Waals surface area contributed by atoms with Crippen molar-refractivity contribution < 1.29 is 31.5 Å². The van der Waals surface area contributed by atoms with E-state index in [0.717, 1.165) is 31.0 Å². The Morgan fingerprint density at radius 2 is 1.86 bits per heavy atom. The number of nitrogens with one attached hydrogen (secondary N) is 1. The fourth-order valence-electron chi connectivity index (χ4n) is 4.45. The molecule has 0 bridgehead atoms. The zero-order chi connectivity index (χ0) is 25.7. The number of hydrogen-bond acceptors (Lipinski definition) is 9. The number of carbonyl (C=O) groups is 1. The maximum absolute atomic E-state index is 13.3. The fraction of sp³-hybridized carbons (Fsp3) is 0.522. The minimum absolute atomic E-state index is 0.0680. The standard InChI is InChI=1S/C23H29F2N5O5S/c1-34-21-20(35-22(24)25)14-26-23(28-21)27-17-7-11-30(12-8-17)36(32,33)19-4-2-3-18(13-19)29-9-5-16(15-31)6-10-29/h2-4,13-17,22H,5-12H2,1H3,(H,26,27,28). The average molecular weight is 526 g/mol. The molecule has 0 unspecified atom stereocenters. The summed E-state index contributed by atoms with van der Waals surface area (Å²) in [5, 5.41) is 3.11. The highest BCUT2D eigenvalue weighted by molar-refractivity contribution is 7.89. The van der Waals surface area contributed by atoms with E-state index in [1.54, 1.807) is 18.2 Å². The zero-order valence-electron chi connectivity index (χ0n) is 19.8. The van der Waals surface area contributed by atoms with Crippen molar-refractivity contribution in [3.63, 3.8) is 0 Å². The third kappa shape index (κ3) is 6.01. The summed E-state index contributed by atoms with van der Waals surface area (Å²) in [7, 11) is -2.39. The molecule has 0 atom stereocenters. The number of piperidine rings is 2. The molecule has 0 amide bonds. The molecule has 0 aliphatic carbocycles. The first-order chi connectivity index (χ1) is 17.3. The number of halogens is 2. The molecular formula is C23H29F2N5O5S. The van der Waals surface area contributed by atoms with Crippen LogP contribution in [0.4, 0.5) is 20.4 Å². The summed E-state index contributed by atoms with van der Waals surface area (Å²) in [5.41, 5.74) is 0.836. The number of hydrogen-bond donors (Lipinski definition) is 1. The molecule has 0 radical (unpaired) electrons. The number of alkyl halides is 2. The van der Waals surface area contributed by atoms with Gasteiger partial charge in [-0.1, -0.05) is 6.07 Å². The smallest absolute Gasteiger partial charge is 0.387 e. The molecule has 3 heterocycles. The Kier molecular flexibility index (Phi) is 8.19. The number of anilines is 2. The van der Waals surface area contributed by atoms with Crippen LogP contribution in [-0.4, -0.2) is 74.9 Å². The molecule has 1 aromatic carbocycles. The number of aromatic nitrogens is 2. The van der Waals surface area contributed by atoms with E-state index in [2.05, 4.69) is 24.9 Å². The van der Waals surface area contributed by atoms with E-state index in [4.69, 9.17) is 4.74 Å². The topological polar surface area (TPSA) is 114 Å². The summed E-state index contributed by atoms with van der Waals surface area (Å²) in [5.74, 6) is -0.142. The highest BCUT2D eigenvalue weighted by Gasteiger charge is 2.30. The third-order valence-electron chi connectivity index (χ3n) is 6.47. The summed E-state index contributed by atoms with van der Waals surface area (Å²) < 4.78 is 62.4. The van der Waals surface area contributed by atoms with E-state index in [-0.39, 0.29) is 34.4 Å². The first-order valence-electron chi connectivity index (χ1n) is 11.7. The second kappa shape index (κ2) is 11.3. The monoisotopic (exact) mass is 525 g/mol. The summed E-state index contributed by atoms with van der Waals surface area (Å²) in [6, 6.07) is 6.83. The van der Waals surface area contributed by atoms with Gasteiger partial charge in [0.25, 0.3) is 5.88 Å². The lowest BCUT2D eigenvalue weighted by atomic mass is 9.98. The molecule has 2 aliphatic rings. The molecule has 4 rings (SSSR count). The SMILES string of the molecule is COc1nc(NC2CCN(S(=O)(=O)c3cccc(N4CCC(C=O)CC4)c3)CC2)ncc1OC(F)F. The molecule has 2 aliphatic heterocycles. The average Bonchev–Trinajstić information content (AvgIpc) is 2.89. The quantitative estimate of drug-likeness (QED) is 0.494. The van der Waals surface area contributed by atoms with Crippen LogP contribution < -0.4 is 19.7 Å². The number of nitrogens with zero attached hydrogens (tertiary/aromatic N) is 4. The van der Waals surface area contributed by atoms with E-state index < -0.39 is 16.6 Å². The van der Waals surface area contributed by atoms with Gasteiger partial charge in [0.15, 0.2) is 0 Å². The van der Waals surface area contributed by atoms with Crippen molar-refractivity contribution >= 4 is 27.9 Å². The van der Waals surface area contributed by atoms with E-state index >= 15 is 0 Å². The molecule has 0 saturated carbocycles. The van der Waals surface area contributed by atoms with Gasteiger partial charge in [-0.05, 0) is 43.9 Å². The van der Waals surface area contributed by atoms with E-state index in [1.165, 1.54) is 11.4 Å². The van der Waals surface area contributed by atoms with Gasteiger partial charge < -0.3 is 24.5 Å². The summed E-state index contributed by atoms with van der Waals surface area (Å²) in [6.45, 7) is -0.988. The molecule has 1 aromatic heterocycles. The minimum atomic E-state index is -3.68. The van der Waals surface area contributed by atoms with Crippen LogP contribution in [0.15, 0.2) is 35.4 Å². The van der Waals surface area contributed by atoms with E-state index in [0.29, 0.717) is 39.0 Å². The van der Waals surface area contributed by atoms with Gasteiger partial charge in [-0.3, -0.25) is 0 Å². The van der Waals surface area contributed by atoms with Crippen molar-refractivity contribution in [2.75, 3.05) is 43.5 Å². The molecular weight excluding hydrogens is 496 g/mol. The number of ether oxygens (including phenoxy) is 2. The second-order valence-corrected chi connectivity index (χ2v) is 10.7. The van der Waals surface area contributed by atoms with Gasteiger partial charge in [0.2, 0.25) is 21.7 Å². The predicted octanol–water partition coefficient (Wildman–Crippen LogP) is 2.77. The van der Waals surface area contributed by atoms with Crippen molar-refractivity contribution in [3.8, 4) is 11.6 Å². The number of carbonyl (C=O) groups excluding carboxylic acids is 1. The van der Waals surface area contributed by atoms with Gasteiger partial charge in [0.05, 0.1) is 18.2 Å². The van der Waals surface area contributed by atoms with Crippen molar-refractivity contribution in [1.29, 1.82) is 0 Å². The molecule has 0 spiro atoms. The Labute approximate surface area is 208 Å². The first-order valence-corrected chi connectivity index (χ1v) is 13.2. The Morgan fingerprint density at radius 3 is 2.50 bits per heavy atom. The van der Waals surface area contributed by atoms with Gasteiger partial charge in [-0.25, -0.2) is 13.4 Å². The highest BCUT2D eigenvalue weighted by atomic mass is 32.2. The predicted molar refractivity (Wildman–Crippen MR) is 128 cm³/mol. The molecule has 2 fully saturated rings. The van der Waals surface area contributed by atoms with Crippen molar-refractivity contribution in [2.24, 2.45) is 5.92 Å². The maximum Gasteiger partial charge on any atom is 0.387 e. The van der Waals surface area contributed by atoms with Crippen LogP contribution in [0.3, 0.4) is 0 Å². The lowest BCUT2D eigenvalue weighted by Gasteiger charge is -2.33. The number of methoxy groups -OCH3 is 1. The number of aldehydes is 1. The Morgan fingerprint density at radius 1 is 1.14 bits per heavy atom. The molecule has 2 saturated heterocycles. The summed E-state index contributed by atoms with van der Waals surface area (Å²) in [6.07, 6.45) is 4.65. The zero-order valence-corrected chi connectivity index (χ0v) is 20.7. The van der Waals surface area contributed by atoms with E-state index in [1.807, 2.05) is 6.07 Å².